The van der Waals surface area contributed by atoms with Crippen molar-refractivity contribution >= 4 is 21.6 Å². The Hall–Kier alpha value is -2.97. The molecule has 7 nitrogen and oxygen atoms in total. The molecule has 1 saturated heterocycles. The van der Waals surface area contributed by atoms with Crippen LogP contribution < -0.4 is 5.32 Å². The second kappa shape index (κ2) is 8.81. The normalized spacial score (nSPS) is 15.5. The van der Waals surface area contributed by atoms with Crippen molar-refractivity contribution in [2.45, 2.75) is 30.6 Å². The fourth-order valence-corrected chi connectivity index (χ4v) is 5.12. The lowest BCUT2D eigenvalue weighted by atomic mass is 10.2. The van der Waals surface area contributed by atoms with Gasteiger partial charge in [-0.25, -0.2) is 13.4 Å². The number of carbonyl (C=O) groups is 1. The SMILES string of the molecule is O=C(Nc1ccc(-n2ccnc2)cc1)c1cccc(S(=O)(=O)N2CCCCCC2)c1. The number of sulfonamides is 1. The van der Waals surface area contributed by atoms with Gasteiger partial charge in [0.15, 0.2) is 0 Å². The van der Waals surface area contributed by atoms with Gasteiger partial charge in [0.25, 0.3) is 5.91 Å². The summed E-state index contributed by atoms with van der Waals surface area (Å²) in [7, 11) is -3.60. The van der Waals surface area contributed by atoms with E-state index in [9.17, 15) is 13.2 Å². The maximum absolute atomic E-state index is 13.0. The van der Waals surface area contributed by atoms with Crippen molar-refractivity contribution in [2.24, 2.45) is 0 Å². The Morgan fingerprint density at radius 2 is 1.70 bits per heavy atom. The highest BCUT2D eigenvalue weighted by molar-refractivity contribution is 7.89. The van der Waals surface area contributed by atoms with Gasteiger partial charge in [-0.3, -0.25) is 4.79 Å². The molecule has 0 radical (unpaired) electrons. The molecule has 8 heteroatoms. The average Bonchev–Trinajstić information content (AvgIpc) is 3.16. The maximum Gasteiger partial charge on any atom is 0.255 e. The van der Waals surface area contributed by atoms with E-state index in [-0.39, 0.29) is 10.8 Å². The van der Waals surface area contributed by atoms with Crippen molar-refractivity contribution in [3.63, 3.8) is 0 Å². The molecule has 0 spiro atoms. The van der Waals surface area contributed by atoms with E-state index in [1.54, 1.807) is 42.9 Å². The molecule has 4 rings (SSSR count). The summed E-state index contributed by atoms with van der Waals surface area (Å²) in [5.41, 5.74) is 1.87. The van der Waals surface area contributed by atoms with E-state index in [0.29, 0.717) is 24.3 Å². The van der Waals surface area contributed by atoms with Crippen LogP contribution in [0.2, 0.25) is 0 Å². The number of hydrogen-bond donors (Lipinski definition) is 1. The van der Waals surface area contributed by atoms with E-state index in [0.717, 1.165) is 31.4 Å². The van der Waals surface area contributed by atoms with E-state index < -0.39 is 10.0 Å². The molecule has 156 valence electrons. The van der Waals surface area contributed by atoms with Gasteiger partial charge in [-0.1, -0.05) is 18.9 Å². The highest BCUT2D eigenvalue weighted by atomic mass is 32.2. The monoisotopic (exact) mass is 424 g/mol. The number of nitrogens with one attached hydrogen (secondary N) is 1. The first-order chi connectivity index (χ1) is 14.5. The number of rotatable bonds is 5. The minimum atomic E-state index is -3.60. The van der Waals surface area contributed by atoms with Crippen LogP contribution in [0.3, 0.4) is 0 Å². The van der Waals surface area contributed by atoms with Gasteiger partial charge < -0.3 is 9.88 Å². The van der Waals surface area contributed by atoms with Crippen molar-refractivity contribution in [1.29, 1.82) is 0 Å². The van der Waals surface area contributed by atoms with Crippen molar-refractivity contribution in [1.82, 2.24) is 13.9 Å². The zero-order chi connectivity index (χ0) is 21.0. The number of nitrogens with zero attached hydrogens (tertiary/aromatic N) is 3. The van der Waals surface area contributed by atoms with E-state index in [4.69, 9.17) is 0 Å². The Morgan fingerprint density at radius 3 is 2.37 bits per heavy atom. The first-order valence-electron chi connectivity index (χ1n) is 10.0. The third-order valence-corrected chi connectivity index (χ3v) is 7.12. The molecule has 30 heavy (non-hydrogen) atoms. The quantitative estimate of drug-likeness (QED) is 0.677. The molecule has 2 heterocycles. The molecule has 3 aromatic rings. The van der Waals surface area contributed by atoms with Crippen LogP contribution in [0, 0.1) is 0 Å². The van der Waals surface area contributed by atoms with E-state index in [1.807, 2.05) is 22.9 Å². The molecule has 0 unspecified atom stereocenters. The van der Waals surface area contributed by atoms with Gasteiger partial charge >= 0.3 is 0 Å². The predicted molar refractivity (Wildman–Crippen MR) is 115 cm³/mol. The first kappa shape index (κ1) is 20.3. The third-order valence-electron chi connectivity index (χ3n) is 5.23. The van der Waals surface area contributed by atoms with Crippen LogP contribution in [0.1, 0.15) is 36.0 Å². The standard InChI is InChI=1S/C22H24N4O3S/c27-22(24-19-8-10-20(11-9-19)25-15-12-23-17-25)18-6-5-7-21(16-18)30(28,29)26-13-3-1-2-4-14-26/h5-12,15-17H,1-4,13-14H2,(H,24,27). The minimum Gasteiger partial charge on any atom is -0.322 e. The van der Waals surface area contributed by atoms with Crippen molar-refractivity contribution in [3.8, 4) is 5.69 Å². The number of imidazole rings is 1. The lowest BCUT2D eigenvalue weighted by molar-refractivity contribution is 0.102. The minimum absolute atomic E-state index is 0.160. The second-order valence-electron chi connectivity index (χ2n) is 7.32. The van der Waals surface area contributed by atoms with Crippen LogP contribution >= 0.6 is 0 Å². The lowest BCUT2D eigenvalue weighted by Gasteiger charge is -2.20. The molecule has 2 aromatic carbocycles. The number of amides is 1. The number of anilines is 1. The fourth-order valence-electron chi connectivity index (χ4n) is 3.56. The average molecular weight is 425 g/mol. The van der Waals surface area contributed by atoms with E-state index in [2.05, 4.69) is 10.3 Å². The number of carbonyl (C=O) groups excluding carboxylic acids is 1. The summed E-state index contributed by atoms with van der Waals surface area (Å²) in [4.78, 5) is 16.9. The molecular weight excluding hydrogens is 400 g/mol. The lowest BCUT2D eigenvalue weighted by Crippen LogP contribution is -2.32. The van der Waals surface area contributed by atoms with Gasteiger partial charge in [-0.15, -0.1) is 0 Å². The zero-order valence-electron chi connectivity index (χ0n) is 16.6. The van der Waals surface area contributed by atoms with Crippen LogP contribution in [0.4, 0.5) is 5.69 Å². The Bertz CT molecular complexity index is 1100. The van der Waals surface area contributed by atoms with Gasteiger partial charge in [0, 0.05) is 42.4 Å². The summed E-state index contributed by atoms with van der Waals surface area (Å²) in [6.45, 7) is 1.06. The number of hydrogen-bond acceptors (Lipinski definition) is 4. The van der Waals surface area contributed by atoms with Crippen molar-refractivity contribution < 1.29 is 13.2 Å². The summed E-state index contributed by atoms with van der Waals surface area (Å²) in [5, 5.41) is 2.83. The summed E-state index contributed by atoms with van der Waals surface area (Å²) in [5.74, 6) is -0.349. The highest BCUT2D eigenvalue weighted by Crippen LogP contribution is 2.22. The Kier molecular flexibility index (Phi) is 5.96. The topological polar surface area (TPSA) is 84.3 Å². The second-order valence-corrected chi connectivity index (χ2v) is 9.26. The predicted octanol–water partition coefficient (Wildman–Crippen LogP) is 3.69. The van der Waals surface area contributed by atoms with E-state index in [1.165, 1.54) is 10.4 Å². The molecule has 1 aliphatic rings. The van der Waals surface area contributed by atoms with Crippen LogP contribution in [-0.4, -0.2) is 41.3 Å². The summed E-state index contributed by atoms with van der Waals surface area (Å²) in [6.07, 6.45) is 9.07. The fraction of sp³-hybridized carbons (Fsp3) is 0.273. The molecule has 1 N–H and O–H groups in total. The zero-order valence-corrected chi connectivity index (χ0v) is 17.4. The summed E-state index contributed by atoms with van der Waals surface area (Å²) >= 11 is 0. The van der Waals surface area contributed by atoms with Crippen LogP contribution in [0.5, 0.6) is 0 Å². The van der Waals surface area contributed by atoms with Crippen molar-refractivity contribution in [3.05, 3.63) is 72.8 Å². The number of aromatic nitrogens is 2. The molecule has 1 aromatic heterocycles. The summed E-state index contributed by atoms with van der Waals surface area (Å²) < 4.78 is 29.4. The molecule has 0 saturated carbocycles. The van der Waals surface area contributed by atoms with Gasteiger partial charge in [0.1, 0.15) is 0 Å². The molecule has 0 bridgehead atoms. The number of benzene rings is 2. The van der Waals surface area contributed by atoms with Crippen LogP contribution in [-0.2, 0) is 10.0 Å². The third kappa shape index (κ3) is 4.44. The van der Waals surface area contributed by atoms with Crippen LogP contribution in [0.15, 0.2) is 72.1 Å². The Balaban J connectivity index is 1.50. The molecular formula is C22H24N4O3S. The van der Waals surface area contributed by atoms with Gasteiger partial charge in [0.2, 0.25) is 10.0 Å². The van der Waals surface area contributed by atoms with Crippen molar-refractivity contribution in [2.75, 3.05) is 18.4 Å². The van der Waals surface area contributed by atoms with Crippen LogP contribution in [0.25, 0.3) is 5.69 Å². The largest absolute Gasteiger partial charge is 0.322 e. The highest BCUT2D eigenvalue weighted by Gasteiger charge is 2.25. The van der Waals surface area contributed by atoms with Gasteiger partial charge in [0.05, 0.1) is 11.2 Å². The molecule has 1 aliphatic heterocycles. The molecule has 0 atom stereocenters. The maximum atomic E-state index is 13.0. The van der Waals surface area contributed by atoms with E-state index >= 15 is 0 Å². The molecule has 1 fully saturated rings. The molecule has 0 aliphatic carbocycles. The van der Waals surface area contributed by atoms with Gasteiger partial charge in [-0.05, 0) is 55.3 Å². The van der Waals surface area contributed by atoms with Gasteiger partial charge in [-0.2, -0.15) is 4.31 Å². The molecule has 1 amide bonds. The first-order valence-corrected chi connectivity index (χ1v) is 11.5. The smallest absolute Gasteiger partial charge is 0.255 e. The Labute approximate surface area is 176 Å². The Morgan fingerprint density at radius 1 is 0.967 bits per heavy atom. The summed E-state index contributed by atoms with van der Waals surface area (Å²) in [6, 6.07) is 13.6.